The zero-order valence-electron chi connectivity index (χ0n) is 27.1. The van der Waals surface area contributed by atoms with Gasteiger partial charge in [-0.25, -0.2) is 9.97 Å². The molecule has 9 aromatic rings. The minimum absolute atomic E-state index is 0.644. The lowest BCUT2D eigenvalue weighted by atomic mass is 9.64. The minimum Gasteiger partial charge on any atom is -0.309 e. The smallest absolute Gasteiger partial charge is 0.160 e. The molecule has 0 amide bonds. The van der Waals surface area contributed by atoms with Crippen molar-refractivity contribution in [3.05, 3.63) is 198 Å². The van der Waals surface area contributed by atoms with E-state index >= 15 is 0 Å². The standard InChI is InChI=1S/C47H29N3/c1-3-14-30(15-4-1)31-26-28-32(29-27-31)43-42-44(49-46(48-43)33-16-5-2-6-17-33)36-19-7-9-21-37(36)47(42)38-22-10-12-25-41(38)50-40-24-11-8-18-34(40)35-20-13-23-39(47)45(35)50/h1-29H. The fourth-order valence-corrected chi connectivity index (χ4v) is 8.80. The van der Waals surface area contributed by atoms with E-state index in [9.17, 15) is 0 Å². The molecule has 232 valence electrons. The Hall–Kier alpha value is -6.58. The van der Waals surface area contributed by atoms with Crippen LogP contribution in [0.2, 0.25) is 0 Å². The lowest BCUT2D eigenvalue weighted by molar-refractivity contribution is 0.744. The van der Waals surface area contributed by atoms with Crippen molar-refractivity contribution in [3.63, 3.8) is 0 Å². The average Bonchev–Trinajstić information content (AvgIpc) is 3.69. The summed E-state index contributed by atoms with van der Waals surface area (Å²) < 4.78 is 2.48. The molecule has 11 rings (SSSR count). The molecule has 3 heterocycles. The summed E-state index contributed by atoms with van der Waals surface area (Å²) in [5.74, 6) is 0.731. The molecule has 0 radical (unpaired) electrons. The van der Waals surface area contributed by atoms with Crippen LogP contribution in [0, 0.1) is 0 Å². The van der Waals surface area contributed by atoms with Gasteiger partial charge < -0.3 is 4.57 Å². The molecule has 3 heteroatoms. The van der Waals surface area contributed by atoms with Gasteiger partial charge in [0.2, 0.25) is 0 Å². The first-order valence-electron chi connectivity index (χ1n) is 17.2. The first-order chi connectivity index (χ1) is 24.8. The van der Waals surface area contributed by atoms with Gasteiger partial charge in [-0.3, -0.25) is 0 Å². The van der Waals surface area contributed by atoms with Crippen LogP contribution in [0.5, 0.6) is 0 Å². The summed E-state index contributed by atoms with van der Waals surface area (Å²) >= 11 is 0. The Morgan fingerprint density at radius 2 is 0.980 bits per heavy atom. The van der Waals surface area contributed by atoms with E-state index in [2.05, 4.69) is 174 Å². The Bertz CT molecular complexity index is 2800. The van der Waals surface area contributed by atoms with E-state index in [-0.39, 0.29) is 0 Å². The van der Waals surface area contributed by atoms with Crippen LogP contribution in [-0.2, 0) is 5.41 Å². The van der Waals surface area contributed by atoms with Crippen molar-refractivity contribution in [3.8, 4) is 50.7 Å². The number of hydrogen-bond acceptors (Lipinski definition) is 2. The first-order valence-corrected chi connectivity index (χ1v) is 17.2. The van der Waals surface area contributed by atoms with Crippen molar-refractivity contribution in [1.29, 1.82) is 0 Å². The summed E-state index contributed by atoms with van der Waals surface area (Å²) in [6.45, 7) is 0. The van der Waals surface area contributed by atoms with Crippen LogP contribution >= 0.6 is 0 Å². The van der Waals surface area contributed by atoms with E-state index in [1.165, 1.54) is 55.3 Å². The molecule has 1 atom stereocenters. The second-order valence-electron chi connectivity index (χ2n) is 13.3. The van der Waals surface area contributed by atoms with E-state index in [0.29, 0.717) is 0 Å². The van der Waals surface area contributed by atoms with Crippen molar-refractivity contribution < 1.29 is 0 Å². The van der Waals surface area contributed by atoms with Crippen LogP contribution in [0.3, 0.4) is 0 Å². The van der Waals surface area contributed by atoms with Gasteiger partial charge in [-0.1, -0.05) is 164 Å². The molecule has 1 spiro atoms. The molecule has 1 aliphatic heterocycles. The maximum atomic E-state index is 5.54. The molecule has 1 aliphatic carbocycles. The number of rotatable bonds is 3. The third-order valence-corrected chi connectivity index (χ3v) is 10.8. The number of aromatic nitrogens is 3. The molecule has 0 fully saturated rings. The minimum atomic E-state index is -0.644. The topological polar surface area (TPSA) is 30.7 Å². The molecule has 50 heavy (non-hydrogen) atoms. The van der Waals surface area contributed by atoms with Crippen LogP contribution in [0.15, 0.2) is 176 Å². The Morgan fingerprint density at radius 3 is 1.80 bits per heavy atom. The molecule has 2 aromatic heterocycles. The average molecular weight is 636 g/mol. The van der Waals surface area contributed by atoms with Crippen LogP contribution in [-0.4, -0.2) is 14.5 Å². The molecule has 0 N–H and O–H groups in total. The molecule has 0 saturated carbocycles. The highest BCUT2D eigenvalue weighted by Crippen LogP contribution is 2.62. The second kappa shape index (κ2) is 10.2. The number of hydrogen-bond donors (Lipinski definition) is 0. The summed E-state index contributed by atoms with van der Waals surface area (Å²) in [5, 5.41) is 2.52. The summed E-state index contributed by atoms with van der Waals surface area (Å²) in [7, 11) is 0. The van der Waals surface area contributed by atoms with Gasteiger partial charge in [0.25, 0.3) is 0 Å². The van der Waals surface area contributed by atoms with Crippen molar-refractivity contribution >= 4 is 21.8 Å². The Kier molecular flexibility index (Phi) is 5.59. The van der Waals surface area contributed by atoms with Crippen molar-refractivity contribution in [2.24, 2.45) is 0 Å². The van der Waals surface area contributed by atoms with E-state index in [1.807, 2.05) is 6.07 Å². The largest absolute Gasteiger partial charge is 0.309 e. The Balaban J connectivity index is 1.31. The lowest BCUT2D eigenvalue weighted by Gasteiger charge is -2.40. The Morgan fingerprint density at radius 1 is 0.400 bits per heavy atom. The van der Waals surface area contributed by atoms with Gasteiger partial charge in [-0.2, -0.15) is 0 Å². The molecule has 2 aliphatic rings. The lowest BCUT2D eigenvalue weighted by Crippen LogP contribution is -2.34. The maximum absolute atomic E-state index is 5.54. The quantitative estimate of drug-likeness (QED) is 0.193. The molecule has 1 unspecified atom stereocenters. The number of para-hydroxylation sites is 3. The van der Waals surface area contributed by atoms with Crippen LogP contribution in [0.25, 0.3) is 72.5 Å². The van der Waals surface area contributed by atoms with Gasteiger partial charge in [-0.15, -0.1) is 0 Å². The SMILES string of the molecule is c1ccc(-c2ccc(-c3nc(-c4ccccc4)nc4c3C3(c5ccccc5-4)c4ccccc4-n4c5ccccc5c5cccc3c54)cc2)cc1. The first kappa shape index (κ1) is 27.4. The van der Waals surface area contributed by atoms with Gasteiger partial charge >= 0.3 is 0 Å². The van der Waals surface area contributed by atoms with E-state index in [0.717, 1.165) is 39.5 Å². The normalized spacial score (nSPS) is 15.3. The maximum Gasteiger partial charge on any atom is 0.160 e. The third kappa shape index (κ3) is 3.53. The summed E-state index contributed by atoms with van der Waals surface area (Å²) in [6, 6.07) is 63.4. The van der Waals surface area contributed by atoms with E-state index in [4.69, 9.17) is 9.97 Å². The predicted octanol–water partition coefficient (Wildman–Crippen LogP) is 11.3. The van der Waals surface area contributed by atoms with Crippen LogP contribution < -0.4 is 0 Å². The summed E-state index contributed by atoms with van der Waals surface area (Å²) in [4.78, 5) is 11.0. The molecule has 7 aromatic carbocycles. The van der Waals surface area contributed by atoms with Gasteiger partial charge in [0, 0.05) is 33.0 Å². The van der Waals surface area contributed by atoms with E-state index in [1.54, 1.807) is 0 Å². The highest BCUT2D eigenvalue weighted by molar-refractivity contribution is 6.13. The highest BCUT2D eigenvalue weighted by Gasteiger charge is 2.53. The fraction of sp³-hybridized carbons (Fsp3) is 0.0213. The van der Waals surface area contributed by atoms with Crippen LogP contribution in [0.4, 0.5) is 0 Å². The molecular weight excluding hydrogens is 607 g/mol. The fourth-order valence-electron chi connectivity index (χ4n) is 8.80. The zero-order chi connectivity index (χ0) is 32.8. The zero-order valence-corrected chi connectivity index (χ0v) is 27.1. The second-order valence-corrected chi connectivity index (χ2v) is 13.3. The predicted molar refractivity (Wildman–Crippen MR) is 204 cm³/mol. The number of fused-ring (bicyclic) bond motifs is 12. The molecule has 0 bridgehead atoms. The van der Waals surface area contributed by atoms with Gasteiger partial charge in [0.05, 0.1) is 33.5 Å². The summed E-state index contributed by atoms with van der Waals surface area (Å²) in [6.07, 6.45) is 0. The van der Waals surface area contributed by atoms with Crippen LogP contribution in [0.1, 0.15) is 22.3 Å². The van der Waals surface area contributed by atoms with Gasteiger partial charge in [0.15, 0.2) is 5.82 Å². The highest BCUT2D eigenvalue weighted by atomic mass is 15.0. The van der Waals surface area contributed by atoms with Crippen molar-refractivity contribution in [2.75, 3.05) is 0 Å². The van der Waals surface area contributed by atoms with Gasteiger partial charge in [-0.05, 0) is 39.9 Å². The monoisotopic (exact) mass is 635 g/mol. The molecule has 0 saturated heterocycles. The molecular formula is C47H29N3. The summed E-state index contributed by atoms with van der Waals surface area (Å²) in [5.41, 5.74) is 15.5. The third-order valence-electron chi connectivity index (χ3n) is 10.8. The number of nitrogens with zero attached hydrogens (tertiary/aromatic N) is 3. The van der Waals surface area contributed by atoms with Crippen molar-refractivity contribution in [1.82, 2.24) is 14.5 Å². The van der Waals surface area contributed by atoms with E-state index < -0.39 is 5.41 Å². The Labute approximate surface area is 289 Å². The van der Waals surface area contributed by atoms with Crippen molar-refractivity contribution in [2.45, 2.75) is 5.41 Å². The number of benzene rings is 7. The molecule has 3 nitrogen and oxygen atoms in total. The van der Waals surface area contributed by atoms with Gasteiger partial charge in [0.1, 0.15) is 0 Å².